The molecule has 0 aliphatic rings. The molecule has 2 aromatic carbocycles. The topological polar surface area (TPSA) is 59.1 Å². The summed E-state index contributed by atoms with van der Waals surface area (Å²) < 4.78 is 53.5. The van der Waals surface area contributed by atoms with Gasteiger partial charge in [0, 0.05) is 16.6 Å². The van der Waals surface area contributed by atoms with Crippen molar-refractivity contribution in [2.24, 2.45) is 0 Å². The summed E-state index contributed by atoms with van der Waals surface area (Å²) in [4.78, 5) is 3.61. The van der Waals surface area contributed by atoms with Gasteiger partial charge in [-0.25, -0.2) is 22.2 Å². The number of nitrogens with one attached hydrogen (secondary N) is 1. The van der Waals surface area contributed by atoms with Gasteiger partial charge in [-0.2, -0.15) is 0 Å². The first kappa shape index (κ1) is 16.5. The summed E-state index contributed by atoms with van der Waals surface area (Å²) >= 11 is 1.51. The van der Waals surface area contributed by atoms with Crippen LogP contribution in [0.4, 0.5) is 14.5 Å². The van der Waals surface area contributed by atoms with Crippen LogP contribution in [-0.2, 0) is 10.0 Å². The van der Waals surface area contributed by atoms with Gasteiger partial charge in [-0.3, -0.25) is 4.72 Å². The smallest absolute Gasteiger partial charge is 0.264 e. The van der Waals surface area contributed by atoms with Gasteiger partial charge in [-0.1, -0.05) is 12.1 Å². The highest BCUT2D eigenvalue weighted by Crippen LogP contribution is 2.25. The van der Waals surface area contributed by atoms with Crippen LogP contribution in [0, 0.1) is 18.6 Å². The molecule has 0 amide bonds. The molecule has 3 aromatic rings. The lowest BCUT2D eigenvalue weighted by molar-refractivity contribution is 0.555. The molecule has 0 atom stereocenters. The molecule has 0 unspecified atom stereocenters. The van der Waals surface area contributed by atoms with Crippen molar-refractivity contribution < 1.29 is 17.2 Å². The number of anilines is 1. The molecule has 0 saturated carbocycles. The van der Waals surface area contributed by atoms with Crippen molar-refractivity contribution in [1.29, 1.82) is 0 Å². The summed E-state index contributed by atoms with van der Waals surface area (Å²) in [7, 11) is -4.22. The zero-order chi connectivity index (χ0) is 17.3. The van der Waals surface area contributed by atoms with Gasteiger partial charge in [-0.15, -0.1) is 11.3 Å². The van der Waals surface area contributed by atoms with Crippen LogP contribution in [0.5, 0.6) is 0 Å². The average molecular weight is 366 g/mol. The summed E-state index contributed by atoms with van der Waals surface area (Å²) in [6.07, 6.45) is 0. The zero-order valence-corrected chi connectivity index (χ0v) is 14.1. The molecule has 0 fully saturated rings. The number of hydrogen-bond acceptors (Lipinski definition) is 4. The number of aromatic nitrogens is 1. The van der Waals surface area contributed by atoms with Gasteiger partial charge >= 0.3 is 0 Å². The first-order valence-corrected chi connectivity index (χ1v) is 9.22. The Balaban J connectivity index is 1.86. The average Bonchev–Trinajstić information content (AvgIpc) is 2.96. The van der Waals surface area contributed by atoms with Crippen molar-refractivity contribution in [2.45, 2.75) is 11.8 Å². The molecule has 0 radical (unpaired) electrons. The minimum Gasteiger partial charge on any atom is -0.280 e. The molecular weight excluding hydrogens is 354 g/mol. The van der Waals surface area contributed by atoms with Gasteiger partial charge in [0.25, 0.3) is 10.0 Å². The van der Waals surface area contributed by atoms with Crippen molar-refractivity contribution in [2.75, 3.05) is 4.72 Å². The lowest BCUT2D eigenvalue weighted by atomic mass is 10.1. The molecule has 24 heavy (non-hydrogen) atoms. The van der Waals surface area contributed by atoms with E-state index in [1.54, 1.807) is 24.3 Å². The van der Waals surface area contributed by atoms with E-state index >= 15 is 0 Å². The summed E-state index contributed by atoms with van der Waals surface area (Å²) in [6.45, 7) is 1.89. The third kappa shape index (κ3) is 3.44. The maximum Gasteiger partial charge on any atom is 0.264 e. The predicted octanol–water partition coefficient (Wildman–Crippen LogP) is 4.20. The second-order valence-electron chi connectivity index (χ2n) is 5.01. The van der Waals surface area contributed by atoms with Crippen LogP contribution in [-0.4, -0.2) is 13.4 Å². The fraction of sp³-hybridized carbons (Fsp3) is 0.0625. The van der Waals surface area contributed by atoms with Crippen LogP contribution in [0.3, 0.4) is 0 Å². The molecule has 1 heterocycles. The number of nitrogens with zero attached hydrogens (tertiary/aromatic N) is 1. The van der Waals surface area contributed by atoms with Crippen molar-refractivity contribution >= 4 is 27.0 Å². The molecular formula is C16H12F2N2O2S2. The first-order valence-electron chi connectivity index (χ1n) is 6.85. The van der Waals surface area contributed by atoms with E-state index in [1.165, 1.54) is 11.3 Å². The van der Waals surface area contributed by atoms with E-state index in [1.807, 2.05) is 12.3 Å². The van der Waals surface area contributed by atoms with E-state index in [0.717, 1.165) is 28.4 Å². The van der Waals surface area contributed by atoms with E-state index < -0.39 is 26.6 Å². The minimum atomic E-state index is -4.22. The molecule has 8 heteroatoms. The van der Waals surface area contributed by atoms with E-state index in [2.05, 4.69) is 9.71 Å². The second-order valence-corrected chi connectivity index (χ2v) is 7.72. The number of thiazole rings is 1. The maximum atomic E-state index is 13.7. The third-order valence-electron chi connectivity index (χ3n) is 3.23. The van der Waals surface area contributed by atoms with Gasteiger partial charge < -0.3 is 0 Å². The normalized spacial score (nSPS) is 11.5. The van der Waals surface area contributed by atoms with E-state index in [9.17, 15) is 17.2 Å². The maximum absolute atomic E-state index is 13.7. The Hall–Kier alpha value is -2.32. The largest absolute Gasteiger partial charge is 0.280 e. The van der Waals surface area contributed by atoms with Gasteiger partial charge in [0.05, 0.1) is 10.7 Å². The number of aryl methyl sites for hydroxylation is 1. The monoisotopic (exact) mass is 366 g/mol. The molecule has 0 aliphatic heterocycles. The Morgan fingerprint density at radius 1 is 1.08 bits per heavy atom. The molecule has 4 nitrogen and oxygen atoms in total. The SMILES string of the molecule is Cc1nc(-c2ccc(NS(=O)(=O)c3cc(F)ccc3F)cc2)cs1. The zero-order valence-electron chi connectivity index (χ0n) is 12.5. The van der Waals surface area contributed by atoms with Gasteiger partial charge in [0.2, 0.25) is 0 Å². The summed E-state index contributed by atoms with van der Waals surface area (Å²) in [5.41, 5.74) is 1.87. The predicted molar refractivity (Wildman–Crippen MR) is 89.5 cm³/mol. The highest BCUT2D eigenvalue weighted by molar-refractivity contribution is 7.92. The number of sulfonamides is 1. The van der Waals surface area contributed by atoms with Crippen LogP contribution >= 0.6 is 11.3 Å². The molecule has 3 rings (SSSR count). The van der Waals surface area contributed by atoms with Crippen LogP contribution in [0.2, 0.25) is 0 Å². The Bertz CT molecular complexity index is 984. The third-order valence-corrected chi connectivity index (χ3v) is 5.40. The second kappa shape index (κ2) is 6.29. The van der Waals surface area contributed by atoms with Gasteiger partial charge in [-0.05, 0) is 37.3 Å². The summed E-state index contributed by atoms with van der Waals surface area (Å²) in [5.74, 6) is -1.84. The van der Waals surface area contributed by atoms with Crippen LogP contribution in [0.1, 0.15) is 5.01 Å². The highest BCUT2D eigenvalue weighted by atomic mass is 32.2. The Morgan fingerprint density at radius 3 is 2.42 bits per heavy atom. The molecule has 0 bridgehead atoms. The van der Waals surface area contributed by atoms with Crippen LogP contribution in [0.15, 0.2) is 52.7 Å². The summed E-state index contributed by atoms with van der Waals surface area (Å²) in [5, 5.41) is 2.83. The van der Waals surface area contributed by atoms with E-state index in [4.69, 9.17) is 0 Å². The number of hydrogen-bond donors (Lipinski definition) is 1. The van der Waals surface area contributed by atoms with Crippen molar-refractivity contribution in [3.8, 4) is 11.3 Å². The lowest BCUT2D eigenvalue weighted by Crippen LogP contribution is -2.14. The molecule has 1 N–H and O–H groups in total. The van der Waals surface area contributed by atoms with Crippen LogP contribution in [0.25, 0.3) is 11.3 Å². The Kier molecular flexibility index (Phi) is 4.33. The molecule has 0 saturated heterocycles. The standard InChI is InChI=1S/C16H12F2N2O2S2/c1-10-19-15(9-23-10)11-2-5-13(6-3-11)20-24(21,22)16-8-12(17)4-7-14(16)18/h2-9,20H,1H3. The van der Waals surface area contributed by atoms with Gasteiger partial charge in [0.15, 0.2) is 0 Å². The first-order chi connectivity index (χ1) is 11.3. The fourth-order valence-corrected chi connectivity index (χ4v) is 3.87. The van der Waals surface area contributed by atoms with Crippen molar-refractivity contribution in [3.05, 3.63) is 64.5 Å². The van der Waals surface area contributed by atoms with Crippen molar-refractivity contribution in [1.82, 2.24) is 4.98 Å². The molecule has 0 spiro atoms. The van der Waals surface area contributed by atoms with E-state index in [-0.39, 0.29) is 5.69 Å². The molecule has 0 aliphatic carbocycles. The number of halogens is 2. The Morgan fingerprint density at radius 2 is 1.79 bits per heavy atom. The quantitative estimate of drug-likeness (QED) is 0.753. The number of benzene rings is 2. The van der Waals surface area contributed by atoms with Crippen LogP contribution < -0.4 is 4.72 Å². The lowest BCUT2D eigenvalue weighted by Gasteiger charge is -2.09. The minimum absolute atomic E-state index is 0.245. The highest BCUT2D eigenvalue weighted by Gasteiger charge is 2.20. The number of rotatable bonds is 4. The fourth-order valence-electron chi connectivity index (χ4n) is 2.10. The molecule has 124 valence electrons. The van der Waals surface area contributed by atoms with Gasteiger partial charge in [0.1, 0.15) is 16.5 Å². The van der Waals surface area contributed by atoms with E-state index in [0.29, 0.717) is 6.07 Å². The van der Waals surface area contributed by atoms with Crippen molar-refractivity contribution in [3.63, 3.8) is 0 Å². The Labute approximate surface area is 141 Å². The molecule has 1 aromatic heterocycles. The summed E-state index contributed by atoms with van der Waals surface area (Å²) in [6, 6.07) is 8.76.